The van der Waals surface area contributed by atoms with Crippen LogP contribution in [0.15, 0.2) is 34.9 Å². The molecule has 4 atom stereocenters. The molecule has 0 radical (unpaired) electrons. The van der Waals surface area contributed by atoms with Gasteiger partial charge in [0, 0.05) is 0 Å². The summed E-state index contributed by atoms with van der Waals surface area (Å²) in [4.78, 5) is 4.50. The number of hydrogen-bond acceptors (Lipinski definition) is 5. The lowest BCUT2D eigenvalue weighted by atomic mass is 9.89. The van der Waals surface area contributed by atoms with Gasteiger partial charge >= 0.3 is 0 Å². The van der Waals surface area contributed by atoms with E-state index in [1.165, 1.54) is 0 Å². The molecule has 5 heteroatoms. The Balaban J connectivity index is 1.56. The van der Waals surface area contributed by atoms with E-state index in [4.69, 9.17) is 15.0 Å². The van der Waals surface area contributed by atoms with E-state index in [0.29, 0.717) is 12.0 Å². The summed E-state index contributed by atoms with van der Waals surface area (Å²) < 4.78 is 11.2. The van der Waals surface area contributed by atoms with E-state index in [9.17, 15) is 0 Å². The zero-order valence-electron chi connectivity index (χ0n) is 11.1. The molecule has 104 valence electrons. The molecule has 20 heavy (non-hydrogen) atoms. The van der Waals surface area contributed by atoms with Crippen LogP contribution in [0.25, 0.3) is 0 Å². The SMILES string of the molecule is N[C@H](c1ccccc1)c1nc(C2CC3CCC2O3)no1. The summed E-state index contributed by atoms with van der Waals surface area (Å²) in [6.45, 7) is 0. The fourth-order valence-electron chi connectivity index (χ4n) is 3.24. The monoisotopic (exact) mass is 271 g/mol. The Morgan fingerprint density at radius 1 is 1.20 bits per heavy atom. The summed E-state index contributed by atoms with van der Waals surface area (Å²) in [6.07, 6.45) is 3.91. The van der Waals surface area contributed by atoms with Crippen molar-refractivity contribution in [1.82, 2.24) is 10.1 Å². The maximum absolute atomic E-state index is 6.18. The van der Waals surface area contributed by atoms with Crippen molar-refractivity contribution < 1.29 is 9.26 Å². The average Bonchev–Trinajstić information content (AvgIpc) is 3.23. The number of nitrogens with zero attached hydrogens (tertiary/aromatic N) is 2. The molecule has 2 saturated heterocycles. The van der Waals surface area contributed by atoms with Gasteiger partial charge < -0.3 is 15.0 Å². The maximum atomic E-state index is 6.18. The van der Waals surface area contributed by atoms with E-state index < -0.39 is 0 Å². The minimum Gasteiger partial charge on any atom is -0.374 e. The standard InChI is InChI=1S/C15H17N3O2/c16-13(9-4-2-1-3-5-9)15-17-14(18-20-15)11-8-10-6-7-12(11)19-10/h1-5,10-13H,6-8,16H2/t10?,11?,12?,13-/m1/s1. The van der Waals surface area contributed by atoms with Crippen LogP contribution >= 0.6 is 0 Å². The summed E-state index contributed by atoms with van der Waals surface area (Å²) in [5, 5.41) is 4.12. The molecule has 2 aromatic rings. The lowest BCUT2D eigenvalue weighted by Crippen LogP contribution is -2.16. The first-order valence-electron chi connectivity index (χ1n) is 7.11. The second kappa shape index (κ2) is 4.68. The third kappa shape index (κ3) is 1.94. The molecule has 4 rings (SSSR count). The zero-order valence-corrected chi connectivity index (χ0v) is 11.1. The number of nitrogens with two attached hydrogens (primary N) is 1. The van der Waals surface area contributed by atoms with Gasteiger partial charge in [-0.05, 0) is 24.8 Å². The normalized spacial score (nSPS) is 29.8. The number of hydrogen-bond donors (Lipinski definition) is 1. The molecular formula is C15H17N3O2. The van der Waals surface area contributed by atoms with Crippen molar-refractivity contribution in [2.75, 3.05) is 0 Å². The molecule has 1 aromatic heterocycles. The number of ether oxygens (including phenoxy) is 1. The molecule has 2 N–H and O–H groups in total. The largest absolute Gasteiger partial charge is 0.374 e. The first kappa shape index (κ1) is 12.1. The maximum Gasteiger partial charge on any atom is 0.248 e. The Morgan fingerprint density at radius 2 is 2.05 bits per heavy atom. The van der Waals surface area contributed by atoms with Crippen molar-refractivity contribution in [2.45, 2.75) is 43.4 Å². The predicted octanol–water partition coefficient (Wildman–Crippen LogP) is 2.15. The van der Waals surface area contributed by atoms with Crippen LogP contribution in [0.2, 0.25) is 0 Å². The molecule has 3 heterocycles. The van der Waals surface area contributed by atoms with Gasteiger partial charge in [0.2, 0.25) is 5.89 Å². The van der Waals surface area contributed by atoms with Crippen LogP contribution in [0.3, 0.4) is 0 Å². The summed E-state index contributed by atoms with van der Waals surface area (Å²) in [6, 6.07) is 9.44. The fraction of sp³-hybridized carbons (Fsp3) is 0.467. The summed E-state index contributed by atoms with van der Waals surface area (Å²) in [5.74, 6) is 1.50. The van der Waals surface area contributed by atoms with Crippen molar-refractivity contribution in [1.29, 1.82) is 0 Å². The fourth-order valence-corrected chi connectivity index (χ4v) is 3.24. The Bertz CT molecular complexity index is 598. The van der Waals surface area contributed by atoms with Gasteiger partial charge in [0.25, 0.3) is 0 Å². The van der Waals surface area contributed by atoms with Crippen LogP contribution in [-0.4, -0.2) is 22.3 Å². The van der Waals surface area contributed by atoms with Crippen LogP contribution in [0, 0.1) is 0 Å². The predicted molar refractivity (Wildman–Crippen MR) is 72.0 cm³/mol. The third-order valence-corrected chi connectivity index (χ3v) is 4.32. The molecule has 5 nitrogen and oxygen atoms in total. The smallest absolute Gasteiger partial charge is 0.248 e. The van der Waals surface area contributed by atoms with Crippen LogP contribution in [0.4, 0.5) is 0 Å². The quantitative estimate of drug-likeness (QED) is 0.925. The Kier molecular flexibility index (Phi) is 2.82. The second-order valence-electron chi connectivity index (χ2n) is 5.60. The molecule has 1 aromatic carbocycles. The van der Waals surface area contributed by atoms with E-state index in [-0.39, 0.29) is 18.1 Å². The average molecular weight is 271 g/mol. The van der Waals surface area contributed by atoms with E-state index in [1.807, 2.05) is 30.3 Å². The molecule has 2 aliphatic rings. The second-order valence-corrected chi connectivity index (χ2v) is 5.60. The van der Waals surface area contributed by atoms with Gasteiger partial charge in [-0.2, -0.15) is 4.98 Å². The van der Waals surface area contributed by atoms with Gasteiger partial charge in [-0.3, -0.25) is 0 Å². The summed E-state index contributed by atoms with van der Waals surface area (Å²) in [5.41, 5.74) is 7.16. The van der Waals surface area contributed by atoms with Crippen LogP contribution in [-0.2, 0) is 4.74 Å². The van der Waals surface area contributed by atoms with Gasteiger partial charge in [-0.25, -0.2) is 0 Å². The molecule has 0 aliphatic carbocycles. The van der Waals surface area contributed by atoms with Gasteiger partial charge in [0.15, 0.2) is 5.82 Å². The highest BCUT2D eigenvalue weighted by molar-refractivity contribution is 5.23. The molecular weight excluding hydrogens is 254 g/mol. The lowest BCUT2D eigenvalue weighted by molar-refractivity contribution is 0.0996. The Labute approximate surface area is 117 Å². The summed E-state index contributed by atoms with van der Waals surface area (Å²) >= 11 is 0. The van der Waals surface area contributed by atoms with Crippen LogP contribution < -0.4 is 5.73 Å². The minimum atomic E-state index is -0.364. The highest BCUT2D eigenvalue weighted by Gasteiger charge is 2.43. The van der Waals surface area contributed by atoms with Gasteiger partial charge in [0.05, 0.1) is 18.1 Å². The Hall–Kier alpha value is -1.72. The highest BCUT2D eigenvalue weighted by atomic mass is 16.5. The molecule has 0 amide bonds. The van der Waals surface area contributed by atoms with Crippen molar-refractivity contribution in [3.8, 4) is 0 Å². The third-order valence-electron chi connectivity index (χ3n) is 4.32. The number of benzene rings is 1. The summed E-state index contributed by atoms with van der Waals surface area (Å²) in [7, 11) is 0. The van der Waals surface area contributed by atoms with E-state index in [2.05, 4.69) is 10.1 Å². The van der Waals surface area contributed by atoms with E-state index in [1.54, 1.807) is 0 Å². The number of rotatable bonds is 3. The van der Waals surface area contributed by atoms with Crippen molar-refractivity contribution in [3.05, 3.63) is 47.6 Å². The number of aromatic nitrogens is 2. The van der Waals surface area contributed by atoms with Gasteiger partial charge in [-0.15, -0.1) is 0 Å². The van der Waals surface area contributed by atoms with Crippen molar-refractivity contribution >= 4 is 0 Å². The van der Waals surface area contributed by atoms with E-state index >= 15 is 0 Å². The van der Waals surface area contributed by atoms with Gasteiger partial charge in [0.1, 0.15) is 6.04 Å². The number of fused-ring (bicyclic) bond motifs is 2. The molecule has 3 unspecified atom stereocenters. The topological polar surface area (TPSA) is 74.2 Å². The zero-order chi connectivity index (χ0) is 13.5. The highest BCUT2D eigenvalue weighted by Crippen LogP contribution is 2.43. The van der Waals surface area contributed by atoms with Crippen LogP contribution in [0.1, 0.15) is 48.5 Å². The molecule has 0 saturated carbocycles. The molecule has 0 spiro atoms. The lowest BCUT2D eigenvalue weighted by Gasteiger charge is -2.13. The minimum absolute atomic E-state index is 0.262. The molecule has 2 fully saturated rings. The first-order valence-corrected chi connectivity index (χ1v) is 7.11. The molecule has 2 bridgehead atoms. The van der Waals surface area contributed by atoms with Crippen molar-refractivity contribution in [3.63, 3.8) is 0 Å². The first-order chi connectivity index (χ1) is 9.81. The van der Waals surface area contributed by atoms with Gasteiger partial charge in [-0.1, -0.05) is 35.5 Å². The van der Waals surface area contributed by atoms with Crippen LogP contribution in [0.5, 0.6) is 0 Å². The molecule has 2 aliphatic heterocycles. The van der Waals surface area contributed by atoms with Crippen molar-refractivity contribution in [2.24, 2.45) is 5.73 Å². The van der Waals surface area contributed by atoms with E-state index in [0.717, 1.165) is 30.7 Å². The Morgan fingerprint density at radius 3 is 2.75 bits per heavy atom.